The van der Waals surface area contributed by atoms with Crippen LogP contribution in [0.5, 0.6) is 0 Å². The Balaban J connectivity index is 1.68. The van der Waals surface area contributed by atoms with Gasteiger partial charge < -0.3 is 5.11 Å². The van der Waals surface area contributed by atoms with Gasteiger partial charge in [0.05, 0.1) is 0 Å². The molecule has 0 bridgehead atoms. The van der Waals surface area contributed by atoms with Gasteiger partial charge in [-0.2, -0.15) is 10.1 Å². The predicted octanol–water partition coefficient (Wildman–Crippen LogP) is 3.46. The molecule has 0 saturated carbocycles. The number of benzene rings is 2. The van der Waals surface area contributed by atoms with Crippen LogP contribution in [0, 0.1) is 0 Å². The number of hydrogen-bond acceptors (Lipinski definition) is 3. The van der Waals surface area contributed by atoms with Gasteiger partial charge in [-0.1, -0.05) is 60.7 Å². The van der Waals surface area contributed by atoms with E-state index < -0.39 is 5.72 Å². The first kappa shape index (κ1) is 16.4. The molecule has 0 fully saturated rings. The third-order valence-electron chi connectivity index (χ3n) is 4.29. The van der Waals surface area contributed by atoms with Crippen LogP contribution >= 0.6 is 0 Å². The summed E-state index contributed by atoms with van der Waals surface area (Å²) in [6.45, 7) is 1.84. The van der Waals surface area contributed by atoms with Gasteiger partial charge >= 0.3 is 0 Å². The molecule has 0 aromatic heterocycles. The summed E-state index contributed by atoms with van der Waals surface area (Å²) in [5, 5.41) is 16.6. The van der Waals surface area contributed by atoms with E-state index in [2.05, 4.69) is 17.2 Å². The summed E-state index contributed by atoms with van der Waals surface area (Å²) in [6.07, 6.45) is 2.29. The molecule has 24 heavy (non-hydrogen) atoms. The van der Waals surface area contributed by atoms with Crippen molar-refractivity contribution in [2.45, 2.75) is 38.3 Å². The summed E-state index contributed by atoms with van der Waals surface area (Å²) in [6, 6.07) is 19.4. The zero-order valence-electron chi connectivity index (χ0n) is 13.9. The highest BCUT2D eigenvalue weighted by Gasteiger charge is 2.44. The lowest BCUT2D eigenvalue weighted by Gasteiger charge is -2.31. The predicted molar refractivity (Wildman–Crippen MR) is 94.3 cm³/mol. The molecule has 3 rings (SSSR count). The largest absolute Gasteiger partial charge is 0.365 e. The molecule has 0 saturated heterocycles. The van der Waals surface area contributed by atoms with E-state index in [9.17, 15) is 9.90 Å². The van der Waals surface area contributed by atoms with Crippen LogP contribution < -0.4 is 0 Å². The number of nitrogens with zero attached hydrogens (tertiary/aromatic N) is 2. The van der Waals surface area contributed by atoms with E-state index in [0.29, 0.717) is 18.4 Å². The SMILES string of the molecule is CC1=NN(C(=O)CCCc2ccccc2)[C@@](O)(c2ccccc2)C1. The minimum atomic E-state index is -1.37. The van der Waals surface area contributed by atoms with Crippen LogP contribution in [0.1, 0.15) is 37.3 Å². The number of rotatable bonds is 5. The summed E-state index contributed by atoms with van der Waals surface area (Å²) < 4.78 is 0. The van der Waals surface area contributed by atoms with Gasteiger partial charge in [0, 0.05) is 24.1 Å². The van der Waals surface area contributed by atoms with Gasteiger partial charge in [-0.05, 0) is 25.3 Å². The molecule has 1 amide bonds. The minimum absolute atomic E-state index is 0.144. The summed E-state index contributed by atoms with van der Waals surface area (Å²) in [5.41, 5.74) is 1.30. The Kier molecular flexibility index (Phi) is 4.76. The highest BCUT2D eigenvalue weighted by Crippen LogP contribution is 2.35. The van der Waals surface area contributed by atoms with Crippen LogP contribution in [-0.2, 0) is 16.9 Å². The van der Waals surface area contributed by atoms with Crippen molar-refractivity contribution in [2.75, 3.05) is 0 Å². The van der Waals surface area contributed by atoms with E-state index in [-0.39, 0.29) is 5.91 Å². The second-order valence-corrected chi connectivity index (χ2v) is 6.24. The monoisotopic (exact) mass is 322 g/mol. The number of carbonyl (C=O) groups is 1. The smallest absolute Gasteiger partial charge is 0.245 e. The standard InChI is InChI=1S/C20H22N2O2/c1-16-15-20(24,18-12-6-3-7-13-18)22(21-16)19(23)14-8-11-17-9-4-2-5-10-17/h2-7,9-10,12-13,24H,8,11,14-15H2,1H3/t20-/m0/s1. The van der Waals surface area contributed by atoms with Crippen LogP contribution in [0.4, 0.5) is 0 Å². The van der Waals surface area contributed by atoms with Crippen LogP contribution in [0.3, 0.4) is 0 Å². The first-order valence-corrected chi connectivity index (χ1v) is 8.28. The molecular formula is C20H22N2O2. The molecule has 0 radical (unpaired) electrons. The van der Waals surface area contributed by atoms with Crippen molar-refractivity contribution < 1.29 is 9.90 Å². The number of amides is 1. The molecule has 0 aliphatic carbocycles. The summed E-state index contributed by atoms with van der Waals surface area (Å²) in [5.74, 6) is -0.144. The first-order chi connectivity index (χ1) is 11.6. The maximum atomic E-state index is 12.6. The maximum Gasteiger partial charge on any atom is 0.245 e. The Morgan fingerprint density at radius 1 is 1.12 bits per heavy atom. The molecule has 4 nitrogen and oxygen atoms in total. The van der Waals surface area contributed by atoms with E-state index in [4.69, 9.17) is 0 Å². The number of aryl methyl sites for hydroxylation is 1. The molecule has 0 unspecified atom stereocenters. The molecule has 1 aliphatic heterocycles. The van der Waals surface area contributed by atoms with E-state index in [1.165, 1.54) is 10.6 Å². The van der Waals surface area contributed by atoms with Crippen molar-refractivity contribution in [1.29, 1.82) is 0 Å². The number of carbonyl (C=O) groups excluding carboxylic acids is 1. The first-order valence-electron chi connectivity index (χ1n) is 8.28. The summed E-state index contributed by atoms with van der Waals surface area (Å²) >= 11 is 0. The van der Waals surface area contributed by atoms with Gasteiger partial charge in [0.15, 0.2) is 5.72 Å². The summed E-state index contributed by atoms with van der Waals surface area (Å²) in [4.78, 5) is 12.6. The van der Waals surface area contributed by atoms with Crippen molar-refractivity contribution in [3.05, 3.63) is 71.8 Å². The fourth-order valence-electron chi connectivity index (χ4n) is 3.11. The summed E-state index contributed by atoms with van der Waals surface area (Å²) in [7, 11) is 0. The molecule has 4 heteroatoms. The van der Waals surface area contributed by atoms with E-state index >= 15 is 0 Å². The van der Waals surface area contributed by atoms with E-state index in [1.807, 2.05) is 55.5 Å². The van der Waals surface area contributed by atoms with Gasteiger partial charge in [0.2, 0.25) is 5.91 Å². The second-order valence-electron chi connectivity index (χ2n) is 6.24. The Morgan fingerprint density at radius 2 is 1.75 bits per heavy atom. The minimum Gasteiger partial charge on any atom is -0.365 e. The average molecular weight is 322 g/mol. The van der Waals surface area contributed by atoms with Crippen molar-refractivity contribution in [2.24, 2.45) is 5.10 Å². The van der Waals surface area contributed by atoms with Crippen molar-refractivity contribution in [3.8, 4) is 0 Å². The highest BCUT2D eigenvalue weighted by molar-refractivity contribution is 5.89. The fourth-order valence-corrected chi connectivity index (χ4v) is 3.11. The van der Waals surface area contributed by atoms with Gasteiger partial charge in [0.1, 0.15) is 0 Å². The molecule has 1 aliphatic rings. The molecular weight excluding hydrogens is 300 g/mol. The van der Waals surface area contributed by atoms with E-state index in [1.54, 1.807) is 0 Å². The van der Waals surface area contributed by atoms with Crippen LogP contribution in [0.2, 0.25) is 0 Å². The van der Waals surface area contributed by atoms with Crippen LogP contribution in [0.25, 0.3) is 0 Å². The fraction of sp³-hybridized carbons (Fsp3) is 0.300. The van der Waals surface area contributed by atoms with Gasteiger partial charge in [-0.3, -0.25) is 4.79 Å². The van der Waals surface area contributed by atoms with Gasteiger partial charge in [-0.25, -0.2) is 0 Å². The van der Waals surface area contributed by atoms with Crippen LogP contribution in [0.15, 0.2) is 65.8 Å². The Hall–Kier alpha value is -2.46. The molecule has 1 heterocycles. The zero-order chi connectivity index (χ0) is 17.0. The Labute approximate surface area is 142 Å². The van der Waals surface area contributed by atoms with Crippen molar-refractivity contribution in [1.82, 2.24) is 5.01 Å². The molecule has 124 valence electrons. The molecule has 2 aromatic rings. The lowest BCUT2D eigenvalue weighted by Crippen LogP contribution is -2.43. The average Bonchev–Trinajstić information content (AvgIpc) is 2.92. The Morgan fingerprint density at radius 3 is 2.42 bits per heavy atom. The van der Waals surface area contributed by atoms with Gasteiger partial charge in [-0.15, -0.1) is 0 Å². The molecule has 0 spiro atoms. The lowest BCUT2D eigenvalue weighted by molar-refractivity contribution is -0.157. The topological polar surface area (TPSA) is 52.9 Å². The van der Waals surface area contributed by atoms with Gasteiger partial charge in [0.25, 0.3) is 0 Å². The molecule has 1 atom stereocenters. The third-order valence-corrected chi connectivity index (χ3v) is 4.29. The van der Waals surface area contributed by atoms with Crippen molar-refractivity contribution in [3.63, 3.8) is 0 Å². The molecule has 2 aromatic carbocycles. The highest BCUT2D eigenvalue weighted by atomic mass is 16.3. The normalized spacial score (nSPS) is 20.1. The van der Waals surface area contributed by atoms with Crippen LogP contribution in [-0.4, -0.2) is 21.7 Å². The zero-order valence-corrected chi connectivity index (χ0v) is 13.9. The number of hydrazone groups is 1. The maximum absolute atomic E-state index is 12.6. The molecule has 1 N–H and O–H groups in total. The lowest BCUT2D eigenvalue weighted by atomic mass is 9.97. The van der Waals surface area contributed by atoms with Crippen molar-refractivity contribution >= 4 is 11.6 Å². The number of aliphatic hydroxyl groups is 1. The second kappa shape index (κ2) is 6.97. The Bertz CT molecular complexity index is 728. The number of hydrogen-bond donors (Lipinski definition) is 1. The quantitative estimate of drug-likeness (QED) is 0.916. The third kappa shape index (κ3) is 3.39. The van der Waals surface area contributed by atoms with E-state index in [0.717, 1.165) is 18.6 Å².